The molecule has 0 amide bonds. The van der Waals surface area contributed by atoms with Gasteiger partial charge in [-0.05, 0) is 39.8 Å². The normalized spacial score (nSPS) is 32.2. The first kappa shape index (κ1) is 14.3. The predicted molar refractivity (Wildman–Crippen MR) is 75.9 cm³/mol. The molecule has 1 aliphatic heterocycles. The summed E-state index contributed by atoms with van der Waals surface area (Å²) in [5.74, 6) is 0. The minimum absolute atomic E-state index is 0.679. The third kappa shape index (κ3) is 3.69. The number of ether oxygens (including phenoxy) is 1. The van der Waals surface area contributed by atoms with Crippen molar-refractivity contribution in [2.24, 2.45) is 0 Å². The zero-order valence-corrected chi connectivity index (χ0v) is 12.2. The molecule has 1 saturated heterocycles. The molecule has 0 bridgehead atoms. The molecule has 0 aromatic rings. The molecule has 0 aromatic heterocycles. The van der Waals surface area contributed by atoms with Crippen LogP contribution in [-0.2, 0) is 4.74 Å². The van der Waals surface area contributed by atoms with Gasteiger partial charge in [0.25, 0.3) is 0 Å². The van der Waals surface area contributed by atoms with Crippen LogP contribution in [0, 0.1) is 0 Å². The molecule has 2 rings (SSSR count). The Morgan fingerprint density at radius 2 is 1.61 bits per heavy atom. The van der Waals surface area contributed by atoms with E-state index in [9.17, 15) is 0 Å². The summed E-state index contributed by atoms with van der Waals surface area (Å²) < 4.78 is 5.49. The van der Waals surface area contributed by atoms with Crippen LogP contribution in [0.15, 0.2) is 0 Å². The van der Waals surface area contributed by atoms with E-state index >= 15 is 0 Å². The van der Waals surface area contributed by atoms with Crippen LogP contribution < -0.4 is 5.32 Å². The van der Waals surface area contributed by atoms with E-state index in [2.05, 4.69) is 24.3 Å². The summed E-state index contributed by atoms with van der Waals surface area (Å²) in [6.07, 6.45) is 10.8. The summed E-state index contributed by atoms with van der Waals surface area (Å²) in [5, 5.41) is 3.57. The standard InChI is InChI=1S/C15H30N2O/c1-16-14-7-5-3-4-6-8-15(14)17(2)13-9-11-18-12-10-13/h13-16H,3-12H2,1-2H3. The number of hydrogen-bond acceptors (Lipinski definition) is 3. The zero-order chi connectivity index (χ0) is 12.8. The summed E-state index contributed by atoms with van der Waals surface area (Å²) in [4.78, 5) is 2.66. The number of rotatable bonds is 3. The quantitative estimate of drug-likeness (QED) is 0.837. The van der Waals surface area contributed by atoms with Crippen molar-refractivity contribution in [2.45, 2.75) is 69.5 Å². The van der Waals surface area contributed by atoms with E-state index in [1.54, 1.807) is 0 Å². The van der Waals surface area contributed by atoms with Gasteiger partial charge < -0.3 is 10.1 Å². The first-order chi connectivity index (χ1) is 8.83. The lowest BCUT2D eigenvalue weighted by Gasteiger charge is -2.41. The molecule has 2 aliphatic rings. The molecule has 1 N–H and O–H groups in total. The van der Waals surface area contributed by atoms with Gasteiger partial charge in [0.15, 0.2) is 0 Å². The smallest absolute Gasteiger partial charge is 0.0480 e. The molecule has 3 nitrogen and oxygen atoms in total. The topological polar surface area (TPSA) is 24.5 Å². The summed E-state index contributed by atoms with van der Waals surface area (Å²) in [5.41, 5.74) is 0. The van der Waals surface area contributed by atoms with Gasteiger partial charge in [0.05, 0.1) is 0 Å². The molecule has 2 fully saturated rings. The number of nitrogens with one attached hydrogen (secondary N) is 1. The molecule has 1 aliphatic carbocycles. The summed E-state index contributed by atoms with van der Waals surface area (Å²) in [7, 11) is 4.48. The van der Waals surface area contributed by atoms with Crippen LogP contribution in [0.3, 0.4) is 0 Å². The second-order valence-corrected chi connectivity index (χ2v) is 5.96. The number of nitrogens with zero attached hydrogens (tertiary/aromatic N) is 1. The van der Waals surface area contributed by atoms with Gasteiger partial charge in [-0.2, -0.15) is 0 Å². The average Bonchev–Trinajstić information content (AvgIpc) is 2.39. The van der Waals surface area contributed by atoms with E-state index in [0.29, 0.717) is 6.04 Å². The second kappa shape index (κ2) is 7.46. The Bertz CT molecular complexity index is 229. The van der Waals surface area contributed by atoms with Crippen LogP contribution in [0.2, 0.25) is 0 Å². The molecule has 3 heteroatoms. The first-order valence-electron chi connectivity index (χ1n) is 7.80. The SMILES string of the molecule is CNC1CCCCCCC1N(C)C1CCOCC1. The maximum absolute atomic E-state index is 5.49. The highest BCUT2D eigenvalue weighted by atomic mass is 16.5. The minimum Gasteiger partial charge on any atom is -0.381 e. The highest BCUT2D eigenvalue weighted by Gasteiger charge is 2.30. The van der Waals surface area contributed by atoms with Crippen molar-refractivity contribution in [2.75, 3.05) is 27.3 Å². The number of likely N-dealkylation sites (N-methyl/N-ethyl adjacent to an activating group) is 2. The van der Waals surface area contributed by atoms with Gasteiger partial charge in [-0.25, -0.2) is 0 Å². The monoisotopic (exact) mass is 254 g/mol. The summed E-state index contributed by atoms with van der Waals surface area (Å²) in [6, 6.07) is 2.13. The Kier molecular flexibility index (Phi) is 5.93. The van der Waals surface area contributed by atoms with Crippen molar-refractivity contribution < 1.29 is 4.74 Å². The zero-order valence-electron chi connectivity index (χ0n) is 12.2. The maximum atomic E-state index is 5.49. The van der Waals surface area contributed by atoms with Crippen LogP contribution in [0.1, 0.15) is 51.4 Å². The molecular formula is C15H30N2O. The molecule has 18 heavy (non-hydrogen) atoms. The lowest BCUT2D eigenvalue weighted by Crippen LogP contribution is -2.52. The highest BCUT2D eigenvalue weighted by molar-refractivity contribution is 4.87. The third-order valence-corrected chi connectivity index (χ3v) is 4.89. The van der Waals surface area contributed by atoms with Gasteiger partial charge in [-0.15, -0.1) is 0 Å². The molecule has 1 heterocycles. The fourth-order valence-corrected chi connectivity index (χ4v) is 3.65. The van der Waals surface area contributed by atoms with Crippen LogP contribution in [0.5, 0.6) is 0 Å². The molecule has 1 saturated carbocycles. The van der Waals surface area contributed by atoms with Crippen LogP contribution in [-0.4, -0.2) is 50.3 Å². The van der Waals surface area contributed by atoms with E-state index in [1.165, 1.54) is 51.4 Å². The van der Waals surface area contributed by atoms with E-state index in [1.807, 2.05) is 0 Å². The highest BCUT2D eigenvalue weighted by Crippen LogP contribution is 2.25. The van der Waals surface area contributed by atoms with Crippen molar-refractivity contribution in [1.29, 1.82) is 0 Å². The van der Waals surface area contributed by atoms with E-state index < -0.39 is 0 Å². The van der Waals surface area contributed by atoms with Crippen molar-refractivity contribution in [3.63, 3.8) is 0 Å². The third-order valence-electron chi connectivity index (χ3n) is 4.89. The Labute approximate surface area is 112 Å². The maximum Gasteiger partial charge on any atom is 0.0480 e. The predicted octanol–water partition coefficient (Wildman–Crippen LogP) is 2.41. The van der Waals surface area contributed by atoms with Crippen molar-refractivity contribution >= 4 is 0 Å². The lowest BCUT2D eigenvalue weighted by atomic mass is 9.90. The molecule has 106 valence electrons. The van der Waals surface area contributed by atoms with E-state index in [4.69, 9.17) is 4.74 Å². The second-order valence-electron chi connectivity index (χ2n) is 5.96. The van der Waals surface area contributed by atoms with Gasteiger partial charge in [0.2, 0.25) is 0 Å². The van der Waals surface area contributed by atoms with Gasteiger partial charge in [-0.1, -0.05) is 25.7 Å². The Morgan fingerprint density at radius 1 is 0.944 bits per heavy atom. The van der Waals surface area contributed by atoms with Crippen molar-refractivity contribution in [3.8, 4) is 0 Å². The van der Waals surface area contributed by atoms with E-state index in [-0.39, 0.29) is 0 Å². The summed E-state index contributed by atoms with van der Waals surface area (Å²) >= 11 is 0. The van der Waals surface area contributed by atoms with Gasteiger partial charge in [0.1, 0.15) is 0 Å². The molecule has 0 radical (unpaired) electrons. The Balaban J connectivity index is 1.96. The van der Waals surface area contributed by atoms with Crippen LogP contribution >= 0.6 is 0 Å². The molecule has 0 aromatic carbocycles. The van der Waals surface area contributed by atoms with Crippen molar-refractivity contribution in [3.05, 3.63) is 0 Å². The lowest BCUT2D eigenvalue weighted by molar-refractivity contribution is 0.0180. The number of hydrogen-bond donors (Lipinski definition) is 1. The Morgan fingerprint density at radius 3 is 2.28 bits per heavy atom. The van der Waals surface area contributed by atoms with Gasteiger partial charge >= 0.3 is 0 Å². The first-order valence-corrected chi connectivity index (χ1v) is 7.80. The Hall–Kier alpha value is -0.120. The van der Waals surface area contributed by atoms with Gasteiger partial charge in [-0.3, -0.25) is 4.90 Å². The largest absolute Gasteiger partial charge is 0.381 e. The molecule has 0 spiro atoms. The summed E-state index contributed by atoms with van der Waals surface area (Å²) in [6.45, 7) is 1.90. The van der Waals surface area contributed by atoms with Crippen LogP contribution in [0.25, 0.3) is 0 Å². The molecule has 2 unspecified atom stereocenters. The van der Waals surface area contributed by atoms with Crippen molar-refractivity contribution in [1.82, 2.24) is 10.2 Å². The van der Waals surface area contributed by atoms with Crippen LogP contribution in [0.4, 0.5) is 0 Å². The fraction of sp³-hybridized carbons (Fsp3) is 1.00. The molecular weight excluding hydrogens is 224 g/mol. The van der Waals surface area contributed by atoms with Gasteiger partial charge in [0, 0.05) is 31.3 Å². The minimum atomic E-state index is 0.679. The van der Waals surface area contributed by atoms with E-state index in [0.717, 1.165) is 25.3 Å². The molecule has 2 atom stereocenters. The fourth-order valence-electron chi connectivity index (χ4n) is 3.65. The average molecular weight is 254 g/mol.